The second kappa shape index (κ2) is 10.1. The van der Waals surface area contributed by atoms with Crippen molar-refractivity contribution in [1.82, 2.24) is 14.7 Å². The number of aliphatic hydroxyl groups excluding tert-OH is 1. The molecule has 10 heteroatoms. The van der Waals surface area contributed by atoms with Crippen LogP contribution in [0.5, 0.6) is 5.75 Å². The van der Waals surface area contributed by atoms with Crippen LogP contribution in [0.1, 0.15) is 13.3 Å². The summed E-state index contributed by atoms with van der Waals surface area (Å²) < 4.78 is 40.8. The molecule has 2 heterocycles. The molecule has 31 heavy (non-hydrogen) atoms. The maximum atomic E-state index is 12.9. The van der Waals surface area contributed by atoms with E-state index < -0.39 is 6.36 Å². The largest absolute Gasteiger partial charge is 0.573 e. The molecule has 2 fully saturated rings. The van der Waals surface area contributed by atoms with Crippen LogP contribution in [-0.4, -0.2) is 91.2 Å². The number of likely N-dealkylation sites (tertiary alicyclic amines) is 1. The van der Waals surface area contributed by atoms with Gasteiger partial charge in [-0.3, -0.25) is 0 Å². The first-order valence-electron chi connectivity index (χ1n) is 10.7. The van der Waals surface area contributed by atoms with Crippen molar-refractivity contribution < 1.29 is 27.8 Å². The van der Waals surface area contributed by atoms with Gasteiger partial charge in [0.2, 0.25) is 0 Å². The van der Waals surface area contributed by atoms with Crippen LogP contribution < -0.4 is 10.1 Å². The summed E-state index contributed by atoms with van der Waals surface area (Å²) in [4.78, 5) is 19.3. The fourth-order valence-electron chi connectivity index (χ4n) is 4.50. The Morgan fingerprint density at radius 3 is 2.39 bits per heavy atom. The first kappa shape index (κ1) is 23.6. The van der Waals surface area contributed by atoms with Crippen molar-refractivity contribution in [3.63, 3.8) is 0 Å². The van der Waals surface area contributed by atoms with Crippen LogP contribution in [0.15, 0.2) is 24.3 Å². The average Bonchev–Trinajstić information content (AvgIpc) is 3.07. The Labute approximate surface area is 180 Å². The number of nitrogens with one attached hydrogen (secondary N) is 1. The number of likely N-dealkylation sites (N-methyl/N-ethyl adjacent to an activating group) is 1. The van der Waals surface area contributed by atoms with E-state index in [9.17, 15) is 23.1 Å². The number of nitrogens with zero attached hydrogens (tertiary/aromatic N) is 3. The number of hydrogen-bond donors (Lipinski definition) is 2. The van der Waals surface area contributed by atoms with Gasteiger partial charge in [0.15, 0.2) is 0 Å². The maximum absolute atomic E-state index is 12.9. The summed E-state index contributed by atoms with van der Waals surface area (Å²) in [5.74, 6) is 0.107. The van der Waals surface area contributed by atoms with Gasteiger partial charge in [-0.2, -0.15) is 0 Å². The molecule has 0 aliphatic carbocycles. The molecule has 2 amide bonds. The van der Waals surface area contributed by atoms with E-state index >= 15 is 0 Å². The Morgan fingerprint density at radius 1 is 1.19 bits per heavy atom. The minimum absolute atomic E-state index is 0.124. The lowest BCUT2D eigenvalue weighted by atomic mass is 9.88. The van der Waals surface area contributed by atoms with Crippen LogP contribution in [0.4, 0.5) is 23.7 Å². The number of aliphatic hydroxyl groups is 1. The monoisotopic (exact) mass is 444 g/mol. The van der Waals surface area contributed by atoms with Crippen LogP contribution >= 0.6 is 0 Å². The van der Waals surface area contributed by atoms with Crippen molar-refractivity contribution in [3.8, 4) is 5.75 Å². The summed E-state index contributed by atoms with van der Waals surface area (Å²) in [5.41, 5.74) is 0.367. The van der Waals surface area contributed by atoms with Crippen molar-refractivity contribution in [2.24, 2.45) is 11.8 Å². The predicted octanol–water partition coefficient (Wildman–Crippen LogP) is 2.68. The predicted molar refractivity (Wildman–Crippen MR) is 111 cm³/mol. The molecule has 2 aliphatic rings. The highest BCUT2D eigenvalue weighted by molar-refractivity contribution is 5.89. The van der Waals surface area contributed by atoms with E-state index in [1.807, 2.05) is 0 Å². The van der Waals surface area contributed by atoms with Gasteiger partial charge >= 0.3 is 12.4 Å². The molecule has 0 radical (unpaired) electrons. The van der Waals surface area contributed by atoms with Gasteiger partial charge in [-0.1, -0.05) is 13.3 Å². The lowest BCUT2D eigenvalue weighted by Crippen LogP contribution is -2.49. The zero-order valence-corrected chi connectivity index (χ0v) is 17.9. The number of carbonyl (C=O) groups is 1. The number of rotatable bonds is 6. The lowest BCUT2D eigenvalue weighted by molar-refractivity contribution is -0.274. The fraction of sp³-hybridized carbons (Fsp3) is 0.667. The number of benzene rings is 1. The highest BCUT2D eigenvalue weighted by atomic mass is 19.4. The molecule has 3 atom stereocenters. The number of piperazine rings is 1. The summed E-state index contributed by atoms with van der Waals surface area (Å²) in [6, 6.07) is 4.38. The number of hydrogen-bond acceptors (Lipinski definition) is 5. The normalized spacial score (nSPS) is 25.6. The molecule has 2 N–H and O–H groups in total. The molecule has 0 spiro atoms. The Bertz CT molecular complexity index is 724. The Kier molecular flexibility index (Phi) is 7.66. The third kappa shape index (κ3) is 6.24. The molecule has 2 aliphatic heterocycles. The van der Waals surface area contributed by atoms with Gasteiger partial charge in [-0.25, -0.2) is 4.79 Å². The number of urea groups is 1. The molecule has 0 aromatic heterocycles. The number of anilines is 1. The van der Waals surface area contributed by atoms with Gasteiger partial charge in [-0.15, -0.1) is 13.2 Å². The first-order valence-corrected chi connectivity index (χ1v) is 10.7. The SMILES string of the molecule is CC[C@@H]1CN(C(=O)Nc2ccc(OC(F)(F)F)cc2)[C@H](CO)[C@@H]1CN1CCN(C)CC1. The smallest absolute Gasteiger partial charge is 0.406 e. The summed E-state index contributed by atoms with van der Waals surface area (Å²) in [6.07, 6.45) is -3.86. The van der Waals surface area contributed by atoms with E-state index in [1.54, 1.807) is 4.90 Å². The van der Waals surface area contributed by atoms with Crippen LogP contribution in [0.25, 0.3) is 0 Å². The van der Waals surface area contributed by atoms with Crippen LogP contribution in [0.3, 0.4) is 0 Å². The zero-order valence-electron chi connectivity index (χ0n) is 17.9. The maximum Gasteiger partial charge on any atom is 0.573 e. The van der Waals surface area contributed by atoms with Crippen LogP contribution in [0.2, 0.25) is 0 Å². The highest BCUT2D eigenvalue weighted by Gasteiger charge is 2.43. The topological polar surface area (TPSA) is 68.3 Å². The van der Waals surface area contributed by atoms with Crippen LogP contribution in [0, 0.1) is 11.8 Å². The number of alkyl halides is 3. The van der Waals surface area contributed by atoms with E-state index in [1.165, 1.54) is 12.1 Å². The lowest BCUT2D eigenvalue weighted by Gasteiger charge is -2.36. The Balaban J connectivity index is 1.63. The summed E-state index contributed by atoms with van der Waals surface area (Å²) in [7, 11) is 2.10. The molecule has 7 nitrogen and oxygen atoms in total. The van der Waals surface area contributed by atoms with E-state index in [2.05, 4.69) is 33.8 Å². The van der Waals surface area contributed by atoms with Crippen molar-refractivity contribution in [2.45, 2.75) is 25.7 Å². The van der Waals surface area contributed by atoms with Crippen molar-refractivity contribution >= 4 is 11.7 Å². The van der Waals surface area contributed by atoms with Gasteiger partial charge in [-0.05, 0) is 43.1 Å². The standard InChI is InChI=1S/C21H31F3N4O3/c1-3-15-12-28(19(14-29)18(15)13-27-10-8-26(2)9-11-27)20(30)25-16-4-6-17(7-5-16)31-21(22,23)24/h4-7,15,18-19,29H,3,8-14H2,1-2H3,(H,25,30)/t15-,18-,19-/m1/s1. The second-order valence-electron chi connectivity index (χ2n) is 8.34. The van der Waals surface area contributed by atoms with Crippen LogP contribution in [-0.2, 0) is 0 Å². The van der Waals surface area contributed by atoms with E-state index in [0.29, 0.717) is 12.2 Å². The summed E-state index contributed by atoms with van der Waals surface area (Å²) >= 11 is 0. The van der Waals surface area contributed by atoms with Crippen molar-refractivity contribution in [3.05, 3.63) is 24.3 Å². The number of amides is 2. The molecule has 174 valence electrons. The van der Waals surface area contributed by atoms with Gasteiger partial charge in [0.05, 0.1) is 12.6 Å². The molecular weight excluding hydrogens is 413 g/mol. The van der Waals surface area contributed by atoms with Gasteiger partial charge in [0, 0.05) is 45.0 Å². The quantitative estimate of drug-likeness (QED) is 0.706. The molecular formula is C21H31F3N4O3. The first-order chi connectivity index (χ1) is 14.7. The molecule has 2 saturated heterocycles. The Morgan fingerprint density at radius 2 is 1.84 bits per heavy atom. The fourth-order valence-corrected chi connectivity index (χ4v) is 4.50. The molecule has 1 aromatic carbocycles. The van der Waals surface area contributed by atoms with Gasteiger partial charge in [0.1, 0.15) is 5.75 Å². The zero-order chi connectivity index (χ0) is 22.6. The van der Waals surface area contributed by atoms with E-state index in [0.717, 1.165) is 51.3 Å². The van der Waals surface area contributed by atoms with Gasteiger partial charge in [0.25, 0.3) is 0 Å². The summed E-state index contributed by atoms with van der Waals surface area (Å²) in [5, 5.41) is 12.8. The van der Waals surface area contributed by atoms with E-state index in [-0.39, 0.29) is 36.3 Å². The number of ether oxygens (including phenoxy) is 1. The average molecular weight is 444 g/mol. The molecule has 3 rings (SSSR count). The number of carbonyl (C=O) groups excluding carboxylic acids is 1. The molecule has 0 bridgehead atoms. The van der Waals surface area contributed by atoms with Gasteiger partial charge < -0.3 is 29.9 Å². The minimum Gasteiger partial charge on any atom is -0.406 e. The molecule has 1 aromatic rings. The van der Waals surface area contributed by atoms with Crippen molar-refractivity contribution in [2.75, 3.05) is 58.2 Å². The third-order valence-corrected chi connectivity index (χ3v) is 6.31. The Hall–Kier alpha value is -2.04. The molecule has 0 saturated carbocycles. The minimum atomic E-state index is -4.76. The number of halogens is 3. The molecule has 0 unspecified atom stereocenters. The second-order valence-corrected chi connectivity index (χ2v) is 8.34. The highest BCUT2D eigenvalue weighted by Crippen LogP contribution is 2.34. The summed E-state index contributed by atoms with van der Waals surface area (Å²) in [6.45, 7) is 7.31. The van der Waals surface area contributed by atoms with Crippen molar-refractivity contribution in [1.29, 1.82) is 0 Å². The van der Waals surface area contributed by atoms with E-state index in [4.69, 9.17) is 0 Å². The third-order valence-electron chi connectivity index (χ3n) is 6.31.